The van der Waals surface area contributed by atoms with Gasteiger partial charge in [0.05, 0.1) is 4.47 Å². The lowest BCUT2D eigenvalue weighted by Crippen LogP contribution is -2.05. The molecule has 2 aromatic rings. The molecule has 0 fully saturated rings. The molecule has 98 valence electrons. The predicted molar refractivity (Wildman–Crippen MR) is 71.8 cm³/mol. The quantitative estimate of drug-likeness (QED) is 0.631. The maximum atomic E-state index is 13.9. The molecule has 1 N–H and O–H groups in total. The third-order valence-electron chi connectivity index (χ3n) is 2.37. The summed E-state index contributed by atoms with van der Waals surface area (Å²) in [7, 11) is 0. The van der Waals surface area contributed by atoms with E-state index < -0.39 is 17.3 Å². The van der Waals surface area contributed by atoms with Crippen molar-refractivity contribution in [3.05, 3.63) is 44.3 Å². The zero-order valence-electron chi connectivity index (χ0n) is 9.12. The molecule has 1 heterocycles. The molecule has 19 heavy (non-hydrogen) atoms. The summed E-state index contributed by atoms with van der Waals surface area (Å²) in [5, 5.41) is 9.13. The summed E-state index contributed by atoms with van der Waals surface area (Å²) in [6.45, 7) is 0. The van der Waals surface area contributed by atoms with Crippen molar-refractivity contribution < 1.29 is 23.5 Å². The summed E-state index contributed by atoms with van der Waals surface area (Å²) in [6.07, 6.45) is 0.479. The monoisotopic (exact) mass is 390 g/mol. The largest absolute Gasteiger partial charge is 0.478 e. The molecule has 0 unspecified atom stereocenters. The number of furan rings is 1. The SMILES string of the molecule is O=Cc1ccc(-c2c(Br)cc(Br)c(F)c2C(=O)O)o1. The molecule has 7 heteroatoms. The first-order valence-electron chi connectivity index (χ1n) is 4.92. The Kier molecular flexibility index (Phi) is 3.86. The van der Waals surface area contributed by atoms with Crippen LogP contribution >= 0.6 is 31.9 Å². The van der Waals surface area contributed by atoms with Crippen molar-refractivity contribution in [2.45, 2.75) is 0 Å². The number of carbonyl (C=O) groups is 2. The number of benzene rings is 1. The summed E-state index contributed by atoms with van der Waals surface area (Å²) in [6, 6.07) is 4.16. The van der Waals surface area contributed by atoms with Gasteiger partial charge in [0.15, 0.2) is 17.9 Å². The summed E-state index contributed by atoms with van der Waals surface area (Å²) in [5.74, 6) is -2.22. The maximum Gasteiger partial charge on any atom is 0.339 e. The number of hydrogen-bond donors (Lipinski definition) is 1. The molecule has 1 aromatic heterocycles. The van der Waals surface area contributed by atoms with Crippen LogP contribution < -0.4 is 0 Å². The summed E-state index contributed by atoms with van der Waals surface area (Å²) >= 11 is 6.10. The van der Waals surface area contributed by atoms with Gasteiger partial charge in [0, 0.05) is 10.0 Å². The zero-order chi connectivity index (χ0) is 14.2. The third-order valence-corrected chi connectivity index (χ3v) is 3.58. The fraction of sp³-hybridized carbons (Fsp3) is 0. The molecule has 0 amide bonds. The average molecular weight is 392 g/mol. The first-order chi connectivity index (χ1) is 8.95. The molecule has 0 radical (unpaired) electrons. The Morgan fingerprint density at radius 3 is 2.53 bits per heavy atom. The van der Waals surface area contributed by atoms with Gasteiger partial charge in [-0.25, -0.2) is 9.18 Å². The lowest BCUT2D eigenvalue weighted by Gasteiger charge is -2.09. The van der Waals surface area contributed by atoms with E-state index in [1.165, 1.54) is 18.2 Å². The molecule has 0 saturated carbocycles. The van der Waals surface area contributed by atoms with Crippen LogP contribution in [0.3, 0.4) is 0 Å². The predicted octanol–water partition coefficient (Wildman–Crippen LogP) is 4.12. The van der Waals surface area contributed by atoms with Crippen molar-refractivity contribution in [2.75, 3.05) is 0 Å². The Labute approximate surface area is 123 Å². The van der Waals surface area contributed by atoms with Crippen LogP contribution in [0.5, 0.6) is 0 Å². The zero-order valence-corrected chi connectivity index (χ0v) is 12.3. The number of halogens is 3. The Morgan fingerprint density at radius 1 is 1.32 bits per heavy atom. The van der Waals surface area contributed by atoms with Crippen molar-refractivity contribution >= 4 is 44.1 Å². The second kappa shape index (κ2) is 5.26. The van der Waals surface area contributed by atoms with E-state index >= 15 is 0 Å². The van der Waals surface area contributed by atoms with E-state index in [9.17, 15) is 14.0 Å². The second-order valence-electron chi connectivity index (χ2n) is 3.53. The smallest absolute Gasteiger partial charge is 0.339 e. The van der Waals surface area contributed by atoms with Crippen LogP contribution in [0.1, 0.15) is 20.9 Å². The fourth-order valence-electron chi connectivity index (χ4n) is 1.59. The molecule has 0 aliphatic rings. The number of aldehydes is 1. The molecule has 4 nitrogen and oxygen atoms in total. The van der Waals surface area contributed by atoms with Gasteiger partial charge in [-0.3, -0.25) is 4.79 Å². The highest BCUT2D eigenvalue weighted by Gasteiger charge is 2.24. The van der Waals surface area contributed by atoms with Gasteiger partial charge in [-0.15, -0.1) is 0 Å². The van der Waals surface area contributed by atoms with Crippen LogP contribution in [0.2, 0.25) is 0 Å². The topological polar surface area (TPSA) is 67.5 Å². The van der Waals surface area contributed by atoms with Crippen LogP contribution in [0.25, 0.3) is 11.3 Å². The number of hydrogen-bond acceptors (Lipinski definition) is 3. The maximum absolute atomic E-state index is 13.9. The van der Waals surface area contributed by atoms with Crippen molar-refractivity contribution in [2.24, 2.45) is 0 Å². The lowest BCUT2D eigenvalue weighted by atomic mass is 10.0. The van der Waals surface area contributed by atoms with E-state index in [4.69, 9.17) is 9.52 Å². The van der Waals surface area contributed by atoms with Crippen molar-refractivity contribution in [3.8, 4) is 11.3 Å². The van der Waals surface area contributed by atoms with Crippen molar-refractivity contribution in [1.29, 1.82) is 0 Å². The van der Waals surface area contributed by atoms with Gasteiger partial charge >= 0.3 is 5.97 Å². The molecule has 0 bridgehead atoms. The van der Waals surface area contributed by atoms with E-state index in [0.29, 0.717) is 10.8 Å². The Morgan fingerprint density at radius 2 is 2.00 bits per heavy atom. The third kappa shape index (κ3) is 2.48. The van der Waals surface area contributed by atoms with Gasteiger partial charge in [-0.1, -0.05) is 0 Å². The molecule has 2 rings (SSSR count). The Bertz CT molecular complexity index is 679. The van der Waals surface area contributed by atoms with E-state index in [0.717, 1.165) is 0 Å². The summed E-state index contributed by atoms with van der Waals surface area (Å²) < 4.78 is 19.4. The highest BCUT2D eigenvalue weighted by atomic mass is 79.9. The van der Waals surface area contributed by atoms with E-state index in [2.05, 4.69) is 31.9 Å². The van der Waals surface area contributed by atoms with E-state index in [-0.39, 0.29) is 21.6 Å². The van der Waals surface area contributed by atoms with Crippen molar-refractivity contribution in [3.63, 3.8) is 0 Å². The molecule has 0 atom stereocenters. The Balaban J connectivity index is 2.78. The molecule has 0 spiro atoms. The average Bonchev–Trinajstić information content (AvgIpc) is 2.81. The molecular formula is C12H5Br2FO4. The number of rotatable bonds is 3. The molecule has 1 aromatic carbocycles. The van der Waals surface area contributed by atoms with Gasteiger partial charge in [-0.05, 0) is 50.1 Å². The highest BCUT2D eigenvalue weighted by molar-refractivity contribution is 9.11. The summed E-state index contributed by atoms with van der Waals surface area (Å²) in [5.41, 5.74) is -0.491. The minimum absolute atomic E-state index is 0.0164. The van der Waals surface area contributed by atoms with Gasteiger partial charge < -0.3 is 9.52 Å². The van der Waals surface area contributed by atoms with Gasteiger partial charge in [-0.2, -0.15) is 0 Å². The molecular weight excluding hydrogens is 387 g/mol. The normalized spacial score (nSPS) is 10.5. The van der Waals surface area contributed by atoms with Crippen LogP contribution in [0, 0.1) is 5.82 Å². The van der Waals surface area contributed by atoms with Crippen LogP contribution in [0.4, 0.5) is 4.39 Å². The minimum atomic E-state index is -1.43. The minimum Gasteiger partial charge on any atom is -0.478 e. The van der Waals surface area contributed by atoms with Gasteiger partial charge in [0.2, 0.25) is 0 Å². The highest BCUT2D eigenvalue weighted by Crippen LogP contribution is 2.37. The van der Waals surface area contributed by atoms with Crippen LogP contribution in [-0.4, -0.2) is 17.4 Å². The first kappa shape index (κ1) is 14.0. The van der Waals surface area contributed by atoms with Gasteiger partial charge in [0.1, 0.15) is 11.3 Å². The van der Waals surface area contributed by atoms with Crippen molar-refractivity contribution in [1.82, 2.24) is 0 Å². The van der Waals surface area contributed by atoms with E-state index in [1.54, 1.807) is 0 Å². The number of aromatic carboxylic acids is 1. The number of carbonyl (C=O) groups excluding carboxylic acids is 1. The van der Waals surface area contributed by atoms with Crippen LogP contribution in [-0.2, 0) is 0 Å². The van der Waals surface area contributed by atoms with Gasteiger partial charge in [0.25, 0.3) is 0 Å². The molecule has 0 saturated heterocycles. The summed E-state index contributed by atoms with van der Waals surface area (Å²) in [4.78, 5) is 21.8. The first-order valence-corrected chi connectivity index (χ1v) is 6.50. The molecule has 0 aliphatic carbocycles. The second-order valence-corrected chi connectivity index (χ2v) is 5.24. The lowest BCUT2D eigenvalue weighted by molar-refractivity contribution is 0.0692. The molecule has 0 aliphatic heterocycles. The van der Waals surface area contributed by atoms with E-state index in [1.807, 2.05) is 0 Å². The standard InChI is InChI=1S/C12H5Br2FO4/c13-6-3-7(14)11(15)10(12(17)18)9(6)8-2-1-5(4-16)19-8/h1-4H,(H,17,18). The fourth-order valence-corrected chi connectivity index (χ4v) is 2.94. The Hall–Kier alpha value is -1.47. The van der Waals surface area contributed by atoms with Crippen LogP contribution in [0.15, 0.2) is 31.6 Å². The number of carboxylic acids is 1. The number of carboxylic acid groups (broad SMARTS) is 1.